The molecule has 0 atom stereocenters. The van der Waals surface area contributed by atoms with Crippen molar-refractivity contribution >= 4 is 0 Å². The average Bonchev–Trinajstić information content (AvgIpc) is 2.03. The Balaban J connectivity index is 2.45. The summed E-state index contributed by atoms with van der Waals surface area (Å²) in [4.78, 5) is 9.98. The molecule has 0 aliphatic heterocycles. The van der Waals surface area contributed by atoms with E-state index in [1.807, 2.05) is 30.3 Å². The normalized spacial score (nSPS) is 9.09. The fraction of sp³-hybridized carbons (Fsp3) is 0.143. The minimum absolute atomic E-state index is 0.299. The molecule has 0 aromatic heterocycles. The Morgan fingerprint density at radius 3 is 2.55 bits per heavy atom. The summed E-state index contributed by atoms with van der Waals surface area (Å²) in [6.07, 6.45) is 0. The topological polar surface area (TPSA) is 52.3 Å². The van der Waals surface area contributed by atoms with Crippen LogP contribution in [0.25, 0.3) is 0 Å². The molecular formula is C7H9N2O2+. The molecule has 0 saturated carbocycles. The number of rotatable bonds is 3. The minimum atomic E-state index is -0.299. The van der Waals surface area contributed by atoms with Crippen LogP contribution in [0.15, 0.2) is 30.3 Å². The first kappa shape index (κ1) is 7.53. The van der Waals surface area contributed by atoms with Gasteiger partial charge in [-0.25, -0.2) is 5.21 Å². The number of benzene rings is 1. The molecule has 0 saturated heterocycles. The van der Waals surface area contributed by atoms with Gasteiger partial charge in [-0.3, -0.25) is 0 Å². The van der Waals surface area contributed by atoms with Crippen LogP contribution in [0.1, 0.15) is 5.56 Å². The highest BCUT2D eigenvalue weighted by atomic mass is 16.7. The maximum Gasteiger partial charge on any atom is 0.355 e. The predicted octanol–water partition coefficient (Wildman–Crippen LogP) is 0.859. The molecule has 4 nitrogen and oxygen atoms in total. The summed E-state index contributed by atoms with van der Waals surface area (Å²) in [5.41, 5.74) is 3.14. The SMILES string of the molecule is O=[N+](O)NCc1ccccc1. The third-order valence-corrected chi connectivity index (χ3v) is 1.26. The lowest BCUT2D eigenvalue weighted by molar-refractivity contribution is -0.834. The second kappa shape index (κ2) is 3.55. The first-order chi connectivity index (χ1) is 5.29. The smallest absolute Gasteiger partial charge is 0.219 e. The predicted molar refractivity (Wildman–Crippen MR) is 38.7 cm³/mol. The lowest BCUT2D eigenvalue weighted by Crippen LogP contribution is -2.22. The molecule has 0 spiro atoms. The number of nitrogens with one attached hydrogen (secondary N) is 1. The maximum absolute atomic E-state index is 9.98. The Hall–Kier alpha value is -1.58. The van der Waals surface area contributed by atoms with E-state index < -0.39 is 0 Å². The fourth-order valence-electron chi connectivity index (χ4n) is 0.755. The Labute approximate surface area is 64.0 Å². The summed E-state index contributed by atoms with van der Waals surface area (Å²) < 4.78 is 0. The summed E-state index contributed by atoms with van der Waals surface area (Å²) in [7, 11) is 0. The van der Waals surface area contributed by atoms with Gasteiger partial charge < -0.3 is 0 Å². The molecule has 11 heavy (non-hydrogen) atoms. The van der Waals surface area contributed by atoms with E-state index in [2.05, 4.69) is 5.43 Å². The van der Waals surface area contributed by atoms with Gasteiger partial charge in [0.2, 0.25) is 0 Å². The van der Waals surface area contributed by atoms with E-state index in [0.29, 0.717) is 6.54 Å². The summed E-state index contributed by atoms with van der Waals surface area (Å²) in [5.74, 6) is 0. The van der Waals surface area contributed by atoms with Crippen molar-refractivity contribution in [2.75, 3.05) is 0 Å². The number of nitrogens with zero attached hydrogens (tertiary/aromatic N) is 1. The molecule has 0 aliphatic rings. The van der Waals surface area contributed by atoms with E-state index in [4.69, 9.17) is 5.21 Å². The van der Waals surface area contributed by atoms with Gasteiger partial charge in [-0.1, -0.05) is 35.8 Å². The monoisotopic (exact) mass is 153 g/mol. The minimum Gasteiger partial charge on any atom is -0.219 e. The van der Waals surface area contributed by atoms with E-state index >= 15 is 0 Å². The summed E-state index contributed by atoms with van der Waals surface area (Å²) in [5, 5.41) is 7.88. The van der Waals surface area contributed by atoms with Gasteiger partial charge in [0, 0.05) is 0 Å². The van der Waals surface area contributed by atoms with Crippen LogP contribution in [0.4, 0.5) is 0 Å². The first-order valence-electron chi connectivity index (χ1n) is 3.22. The molecule has 1 aromatic rings. The van der Waals surface area contributed by atoms with E-state index in [1.54, 1.807) is 0 Å². The highest BCUT2D eigenvalue weighted by Gasteiger charge is 1.99. The lowest BCUT2D eigenvalue weighted by Gasteiger charge is -1.92. The molecule has 1 aromatic carbocycles. The van der Waals surface area contributed by atoms with Gasteiger partial charge in [0.25, 0.3) is 0 Å². The molecule has 0 bridgehead atoms. The maximum atomic E-state index is 9.98. The van der Waals surface area contributed by atoms with Crippen molar-refractivity contribution in [2.24, 2.45) is 0 Å². The highest BCUT2D eigenvalue weighted by molar-refractivity contribution is 5.13. The third-order valence-electron chi connectivity index (χ3n) is 1.26. The van der Waals surface area contributed by atoms with Crippen molar-refractivity contribution in [2.45, 2.75) is 6.54 Å². The Morgan fingerprint density at radius 1 is 1.36 bits per heavy atom. The molecule has 0 heterocycles. The Kier molecular flexibility index (Phi) is 2.43. The van der Waals surface area contributed by atoms with Crippen LogP contribution >= 0.6 is 0 Å². The van der Waals surface area contributed by atoms with Crippen molar-refractivity contribution in [1.82, 2.24) is 5.43 Å². The van der Waals surface area contributed by atoms with Crippen LogP contribution in [-0.4, -0.2) is 10.2 Å². The van der Waals surface area contributed by atoms with Crippen LogP contribution in [0, 0.1) is 4.91 Å². The van der Waals surface area contributed by atoms with E-state index in [9.17, 15) is 4.91 Å². The number of hydrogen-bond donors (Lipinski definition) is 2. The quantitative estimate of drug-likeness (QED) is 0.633. The van der Waals surface area contributed by atoms with E-state index in [-0.39, 0.29) is 5.03 Å². The molecule has 0 amide bonds. The summed E-state index contributed by atoms with van der Waals surface area (Å²) >= 11 is 0. The van der Waals surface area contributed by atoms with E-state index in [1.165, 1.54) is 0 Å². The summed E-state index contributed by atoms with van der Waals surface area (Å²) in [6.45, 7) is 0.334. The molecule has 0 radical (unpaired) electrons. The van der Waals surface area contributed by atoms with Gasteiger partial charge in [-0.15, -0.1) is 0 Å². The molecule has 4 heteroatoms. The van der Waals surface area contributed by atoms with Gasteiger partial charge in [-0.2, -0.15) is 0 Å². The van der Waals surface area contributed by atoms with Crippen molar-refractivity contribution in [3.8, 4) is 0 Å². The molecular weight excluding hydrogens is 144 g/mol. The fourth-order valence-corrected chi connectivity index (χ4v) is 0.755. The number of hydrogen-bond acceptors (Lipinski definition) is 1. The summed E-state index contributed by atoms with van der Waals surface area (Å²) in [6, 6.07) is 9.33. The second-order valence-corrected chi connectivity index (χ2v) is 2.09. The Morgan fingerprint density at radius 2 is 2.00 bits per heavy atom. The zero-order valence-electron chi connectivity index (χ0n) is 5.90. The first-order valence-corrected chi connectivity index (χ1v) is 3.22. The second-order valence-electron chi connectivity index (χ2n) is 2.09. The molecule has 0 aliphatic carbocycles. The van der Waals surface area contributed by atoms with Gasteiger partial charge in [0.1, 0.15) is 11.5 Å². The van der Waals surface area contributed by atoms with Crippen LogP contribution in [0.3, 0.4) is 0 Å². The zero-order chi connectivity index (χ0) is 8.10. The van der Waals surface area contributed by atoms with Crippen LogP contribution < -0.4 is 5.43 Å². The van der Waals surface area contributed by atoms with Crippen LogP contribution in [0.5, 0.6) is 0 Å². The van der Waals surface area contributed by atoms with Gasteiger partial charge in [-0.05, 0) is 5.56 Å². The molecule has 2 N–H and O–H groups in total. The van der Waals surface area contributed by atoms with Gasteiger partial charge in [0.15, 0.2) is 0 Å². The van der Waals surface area contributed by atoms with E-state index in [0.717, 1.165) is 5.56 Å². The molecule has 58 valence electrons. The van der Waals surface area contributed by atoms with Crippen molar-refractivity contribution in [3.63, 3.8) is 0 Å². The van der Waals surface area contributed by atoms with Crippen molar-refractivity contribution in [3.05, 3.63) is 40.8 Å². The Bertz CT molecular complexity index is 235. The van der Waals surface area contributed by atoms with Crippen molar-refractivity contribution < 1.29 is 10.2 Å². The van der Waals surface area contributed by atoms with Crippen LogP contribution in [0.2, 0.25) is 0 Å². The zero-order valence-corrected chi connectivity index (χ0v) is 5.90. The van der Waals surface area contributed by atoms with Crippen LogP contribution in [-0.2, 0) is 6.54 Å². The van der Waals surface area contributed by atoms with Crippen molar-refractivity contribution in [1.29, 1.82) is 0 Å². The third kappa shape index (κ3) is 2.66. The van der Waals surface area contributed by atoms with Gasteiger partial charge >= 0.3 is 5.03 Å². The largest absolute Gasteiger partial charge is 0.355 e. The average molecular weight is 153 g/mol. The highest BCUT2D eigenvalue weighted by Crippen LogP contribution is 1.96. The lowest BCUT2D eigenvalue weighted by atomic mass is 10.2. The molecule has 0 fully saturated rings. The molecule has 1 rings (SSSR count). The number of hydrazine groups is 1. The van der Waals surface area contributed by atoms with Gasteiger partial charge in [0.05, 0.1) is 0 Å². The standard InChI is InChI=1S/C7H9N2O2/c10-9(11)8-6-7-4-2-1-3-5-7/h1-5,8H,6H2,(H,10,11)/q+1. The molecule has 0 unspecified atom stereocenters.